The molecule has 0 radical (unpaired) electrons. The zero-order valence-electron chi connectivity index (χ0n) is 11.7. The van der Waals surface area contributed by atoms with Crippen molar-refractivity contribution in [1.82, 2.24) is 10.6 Å². The highest BCUT2D eigenvalue weighted by Crippen LogP contribution is 2.02. The summed E-state index contributed by atoms with van der Waals surface area (Å²) in [4.78, 5) is 11.7. The SMILES string of the molecule is CCC(C)NCC(=O)NC(CO)Cc1ccccc1. The molecule has 0 spiro atoms. The van der Waals surface area contributed by atoms with Crippen LogP contribution in [0, 0.1) is 0 Å². The van der Waals surface area contributed by atoms with Gasteiger partial charge >= 0.3 is 0 Å². The predicted molar refractivity (Wildman–Crippen MR) is 76.9 cm³/mol. The van der Waals surface area contributed by atoms with Crippen molar-refractivity contribution >= 4 is 5.91 Å². The highest BCUT2D eigenvalue weighted by molar-refractivity contribution is 5.78. The Morgan fingerprint density at radius 3 is 2.58 bits per heavy atom. The fourth-order valence-electron chi connectivity index (χ4n) is 1.75. The van der Waals surface area contributed by atoms with E-state index in [0.29, 0.717) is 19.0 Å². The molecule has 4 heteroatoms. The molecule has 0 aliphatic rings. The smallest absolute Gasteiger partial charge is 0.234 e. The number of benzene rings is 1. The van der Waals surface area contributed by atoms with Crippen molar-refractivity contribution in [3.63, 3.8) is 0 Å². The molecule has 19 heavy (non-hydrogen) atoms. The molecule has 1 aromatic rings. The minimum atomic E-state index is -0.228. The van der Waals surface area contributed by atoms with Crippen LogP contribution in [-0.4, -0.2) is 36.2 Å². The Hall–Kier alpha value is -1.39. The average Bonchev–Trinajstić information content (AvgIpc) is 2.45. The molecule has 0 fully saturated rings. The number of carbonyl (C=O) groups is 1. The summed E-state index contributed by atoms with van der Waals surface area (Å²) in [7, 11) is 0. The van der Waals surface area contributed by atoms with Crippen molar-refractivity contribution in [2.45, 2.75) is 38.8 Å². The van der Waals surface area contributed by atoms with Crippen molar-refractivity contribution in [2.24, 2.45) is 0 Å². The summed E-state index contributed by atoms with van der Waals surface area (Å²) in [5, 5.41) is 15.3. The van der Waals surface area contributed by atoms with E-state index in [9.17, 15) is 9.90 Å². The van der Waals surface area contributed by atoms with Crippen molar-refractivity contribution in [3.05, 3.63) is 35.9 Å². The Labute approximate surface area is 115 Å². The minimum absolute atomic E-state index is 0.0516. The zero-order valence-corrected chi connectivity index (χ0v) is 11.7. The molecule has 0 aromatic heterocycles. The third-order valence-electron chi connectivity index (χ3n) is 3.13. The molecule has 0 saturated heterocycles. The van der Waals surface area contributed by atoms with Gasteiger partial charge in [0.05, 0.1) is 19.2 Å². The maximum absolute atomic E-state index is 11.7. The molecule has 2 unspecified atom stereocenters. The normalized spacial score (nSPS) is 13.8. The van der Waals surface area contributed by atoms with E-state index in [1.807, 2.05) is 37.3 Å². The lowest BCUT2D eigenvalue weighted by Crippen LogP contribution is -2.44. The van der Waals surface area contributed by atoms with Crippen LogP contribution in [0.2, 0.25) is 0 Å². The van der Waals surface area contributed by atoms with Crippen LogP contribution in [0.4, 0.5) is 0 Å². The van der Waals surface area contributed by atoms with Crippen LogP contribution >= 0.6 is 0 Å². The van der Waals surface area contributed by atoms with Crippen LogP contribution in [0.1, 0.15) is 25.8 Å². The highest BCUT2D eigenvalue weighted by Gasteiger charge is 2.12. The van der Waals surface area contributed by atoms with Gasteiger partial charge in [-0.2, -0.15) is 0 Å². The van der Waals surface area contributed by atoms with Crippen LogP contribution in [0.15, 0.2) is 30.3 Å². The van der Waals surface area contributed by atoms with Crippen molar-refractivity contribution in [1.29, 1.82) is 0 Å². The molecule has 1 amide bonds. The Balaban J connectivity index is 2.37. The van der Waals surface area contributed by atoms with Gasteiger partial charge in [0.15, 0.2) is 0 Å². The zero-order chi connectivity index (χ0) is 14.1. The molecule has 0 heterocycles. The quantitative estimate of drug-likeness (QED) is 0.659. The first-order chi connectivity index (χ1) is 9.15. The number of aliphatic hydroxyl groups is 1. The second-order valence-corrected chi connectivity index (χ2v) is 4.83. The molecule has 2 atom stereocenters. The number of hydrogen-bond acceptors (Lipinski definition) is 3. The van der Waals surface area contributed by atoms with Crippen molar-refractivity contribution in [2.75, 3.05) is 13.2 Å². The first-order valence-corrected chi connectivity index (χ1v) is 6.83. The largest absolute Gasteiger partial charge is 0.394 e. The monoisotopic (exact) mass is 264 g/mol. The van der Waals surface area contributed by atoms with E-state index in [1.54, 1.807) is 0 Å². The molecule has 0 bridgehead atoms. The molecule has 3 N–H and O–H groups in total. The fourth-order valence-corrected chi connectivity index (χ4v) is 1.75. The van der Waals surface area contributed by atoms with Gasteiger partial charge in [-0.05, 0) is 25.3 Å². The van der Waals surface area contributed by atoms with Gasteiger partial charge in [-0.3, -0.25) is 4.79 Å². The lowest BCUT2D eigenvalue weighted by molar-refractivity contribution is -0.121. The Kier molecular flexibility index (Phi) is 7.15. The molecule has 106 valence electrons. The first kappa shape index (κ1) is 15.7. The second-order valence-electron chi connectivity index (χ2n) is 4.83. The van der Waals surface area contributed by atoms with E-state index >= 15 is 0 Å². The summed E-state index contributed by atoms with van der Waals surface area (Å²) in [5.41, 5.74) is 1.11. The topological polar surface area (TPSA) is 61.4 Å². The number of aliphatic hydroxyl groups excluding tert-OH is 1. The van der Waals surface area contributed by atoms with E-state index in [-0.39, 0.29) is 18.6 Å². The van der Waals surface area contributed by atoms with Gasteiger partial charge in [0.2, 0.25) is 5.91 Å². The van der Waals surface area contributed by atoms with Gasteiger partial charge in [-0.1, -0.05) is 37.3 Å². The van der Waals surface area contributed by atoms with E-state index in [0.717, 1.165) is 12.0 Å². The predicted octanol–water partition coefficient (Wildman–Crippen LogP) is 1.09. The standard InChI is InChI=1S/C15H24N2O2/c1-3-12(2)16-10-15(19)17-14(11-18)9-13-7-5-4-6-8-13/h4-8,12,14,16,18H,3,9-11H2,1-2H3,(H,17,19). The lowest BCUT2D eigenvalue weighted by atomic mass is 10.1. The number of nitrogens with one attached hydrogen (secondary N) is 2. The second kappa shape index (κ2) is 8.67. The van der Waals surface area contributed by atoms with E-state index in [2.05, 4.69) is 17.6 Å². The van der Waals surface area contributed by atoms with Crippen LogP contribution in [-0.2, 0) is 11.2 Å². The summed E-state index contributed by atoms with van der Waals surface area (Å²) in [5.74, 6) is -0.0738. The van der Waals surface area contributed by atoms with Crippen LogP contribution in [0.5, 0.6) is 0 Å². The summed E-state index contributed by atoms with van der Waals surface area (Å²) in [6.07, 6.45) is 1.63. The summed E-state index contributed by atoms with van der Waals surface area (Å²) < 4.78 is 0. The van der Waals surface area contributed by atoms with Crippen molar-refractivity contribution < 1.29 is 9.90 Å². The van der Waals surface area contributed by atoms with E-state index in [1.165, 1.54) is 0 Å². The summed E-state index contributed by atoms with van der Waals surface area (Å²) in [6.45, 7) is 4.35. The number of amides is 1. The van der Waals surface area contributed by atoms with Gasteiger partial charge in [0.1, 0.15) is 0 Å². The van der Waals surface area contributed by atoms with Gasteiger partial charge in [-0.25, -0.2) is 0 Å². The maximum atomic E-state index is 11.7. The molecule has 0 aliphatic heterocycles. The fraction of sp³-hybridized carbons (Fsp3) is 0.533. The van der Waals surface area contributed by atoms with Gasteiger partial charge in [0, 0.05) is 6.04 Å². The number of carbonyl (C=O) groups excluding carboxylic acids is 1. The van der Waals surface area contributed by atoms with E-state index in [4.69, 9.17) is 0 Å². The number of rotatable bonds is 8. The molecule has 1 rings (SSSR count). The molecular formula is C15H24N2O2. The average molecular weight is 264 g/mol. The number of hydrogen-bond donors (Lipinski definition) is 3. The minimum Gasteiger partial charge on any atom is -0.394 e. The first-order valence-electron chi connectivity index (χ1n) is 6.83. The van der Waals surface area contributed by atoms with Gasteiger partial charge < -0.3 is 15.7 Å². The van der Waals surface area contributed by atoms with Crippen LogP contribution in [0.25, 0.3) is 0 Å². The van der Waals surface area contributed by atoms with E-state index < -0.39 is 0 Å². The lowest BCUT2D eigenvalue weighted by Gasteiger charge is -2.18. The molecule has 0 saturated carbocycles. The third kappa shape index (κ3) is 6.36. The van der Waals surface area contributed by atoms with Gasteiger partial charge in [0.25, 0.3) is 0 Å². The summed E-state index contributed by atoms with van der Waals surface area (Å²) in [6, 6.07) is 9.94. The molecule has 1 aromatic carbocycles. The molecular weight excluding hydrogens is 240 g/mol. The highest BCUT2D eigenvalue weighted by atomic mass is 16.3. The van der Waals surface area contributed by atoms with Crippen molar-refractivity contribution in [3.8, 4) is 0 Å². The van der Waals surface area contributed by atoms with Crippen LogP contribution < -0.4 is 10.6 Å². The Morgan fingerprint density at radius 2 is 2.00 bits per heavy atom. The third-order valence-corrected chi connectivity index (χ3v) is 3.13. The molecule has 0 aliphatic carbocycles. The van der Waals surface area contributed by atoms with Gasteiger partial charge in [-0.15, -0.1) is 0 Å². The Bertz CT molecular complexity index is 368. The maximum Gasteiger partial charge on any atom is 0.234 e. The summed E-state index contributed by atoms with van der Waals surface area (Å²) >= 11 is 0. The Morgan fingerprint density at radius 1 is 1.32 bits per heavy atom. The van der Waals surface area contributed by atoms with Crippen LogP contribution in [0.3, 0.4) is 0 Å². The molecule has 4 nitrogen and oxygen atoms in total.